The van der Waals surface area contributed by atoms with Gasteiger partial charge in [0.2, 0.25) is 10.0 Å². The Kier molecular flexibility index (Phi) is 6.74. The molecule has 9 nitrogen and oxygen atoms in total. The van der Waals surface area contributed by atoms with E-state index in [-0.39, 0.29) is 26.9 Å². The normalized spacial score (nSPS) is 11.6. The minimum Gasteiger partial charge on any atom is -0.495 e. The molecule has 0 aliphatic rings. The smallest absolute Gasteiger partial charge is 0.262 e. The van der Waals surface area contributed by atoms with Crippen molar-refractivity contribution in [3.8, 4) is 5.75 Å². The van der Waals surface area contributed by atoms with Crippen LogP contribution in [0, 0.1) is 0 Å². The van der Waals surface area contributed by atoms with Gasteiger partial charge in [0.05, 0.1) is 22.7 Å². The zero-order chi connectivity index (χ0) is 23.5. The molecular weight excluding hydrogens is 478 g/mol. The number of halogens is 1. The molecule has 0 aromatic heterocycles. The third kappa shape index (κ3) is 5.37. The fourth-order valence-corrected chi connectivity index (χ4v) is 4.93. The minimum absolute atomic E-state index is 0.0289. The van der Waals surface area contributed by atoms with Crippen LogP contribution in [-0.2, 0) is 20.0 Å². The number of para-hydroxylation sites is 2. The van der Waals surface area contributed by atoms with E-state index in [2.05, 4.69) is 10.0 Å². The summed E-state index contributed by atoms with van der Waals surface area (Å²) in [6, 6.07) is 15.6. The number of ether oxygens (including phenoxy) is 1. The zero-order valence-corrected chi connectivity index (χ0v) is 19.0. The van der Waals surface area contributed by atoms with Crippen molar-refractivity contribution in [3.63, 3.8) is 0 Å². The number of anilines is 2. The summed E-state index contributed by atoms with van der Waals surface area (Å²) in [5, 5.41) is 7.50. The second-order valence-corrected chi connectivity index (χ2v) is 10.1. The lowest BCUT2D eigenvalue weighted by atomic mass is 10.2. The molecular formula is C20H18ClN3O6S2. The summed E-state index contributed by atoms with van der Waals surface area (Å²) in [5.41, 5.74) is 0.393. The van der Waals surface area contributed by atoms with Crippen LogP contribution in [0.15, 0.2) is 76.5 Å². The quantitative estimate of drug-likeness (QED) is 0.459. The lowest BCUT2D eigenvalue weighted by Gasteiger charge is -2.13. The molecule has 168 valence electrons. The highest BCUT2D eigenvalue weighted by atomic mass is 35.5. The number of nitrogens with two attached hydrogens (primary N) is 1. The highest BCUT2D eigenvalue weighted by Crippen LogP contribution is 2.27. The Bertz CT molecular complexity index is 1390. The number of hydrogen-bond donors (Lipinski definition) is 3. The summed E-state index contributed by atoms with van der Waals surface area (Å²) in [5.74, 6) is -0.340. The van der Waals surface area contributed by atoms with Crippen LogP contribution in [0.5, 0.6) is 5.75 Å². The molecule has 0 radical (unpaired) electrons. The third-order valence-corrected chi connectivity index (χ3v) is 7.01. The van der Waals surface area contributed by atoms with Gasteiger partial charge in [0.15, 0.2) is 0 Å². The maximum Gasteiger partial charge on any atom is 0.262 e. The highest BCUT2D eigenvalue weighted by Gasteiger charge is 2.19. The van der Waals surface area contributed by atoms with Gasteiger partial charge in [0.25, 0.3) is 15.9 Å². The lowest BCUT2D eigenvalue weighted by Crippen LogP contribution is -2.17. The van der Waals surface area contributed by atoms with Crippen molar-refractivity contribution in [3.05, 3.63) is 77.3 Å². The van der Waals surface area contributed by atoms with E-state index in [1.807, 2.05) is 0 Å². The summed E-state index contributed by atoms with van der Waals surface area (Å²) in [6.07, 6.45) is 0. The van der Waals surface area contributed by atoms with Crippen molar-refractivity contribution in [2.24, 2.45) is 5.14 Å². The fraction of sp³-hybridized carbons (Fsp3) is 0.0500. The Hall–Kier alpha value is -3.12. The summed E-state index contributed by atoms with van der Waals surface area (Å²) < 4.78 is 56.4. The molecule has 3 aromatic carbocycles. The predicted molar refractivity (Wildman–Crippen MR) is 121 cm³/mol. The number of carbonyl (C=O) groups is 1. The molecule has 32 heavy (non-hydrogen) atoms. The molecule has 0 saturated carbocycles. The zero-order valence-electron chi connectivity index (χ0n) is 16.6. The lowest BCUT2D eigenvalue weighted by molar-refractivity contribution is 0.102. The summed E-state index contributed by atoms with van der Waals surface area (Å²) in [6.45, 7) is 0. The largest absolute Gasteiger partial charge is 0.495 e. The van der Waals surface area contributed by atoms with Gasteiger partial charge < -0.3 is 10.1 Å². The van der Waals surface area contributed by atoms with Crippen molar-refractivity contribution in [2.45, 2.75) is 9.79 Å². The number of nitrogens with one attached hydrogen (secondary N) is 2. The highest BCUT2D eigenvalue weighted by molar-refractivity contribution is 7.92. The Morgan fingerprint density at radius 2 is 1.69 bits per heavy atom. The first kappa shape index (κ1) is 23.5. The van der Waals surface area contributed by atoms with E-state index in [1.54, 1.807) is 24.3 Å². The average molecular weight is 496 g/mol. The molecule has 12 heteroatoms. The molecule has 1 amide bonds. The summed E-state index contributed by atoms with van der Waals surface area (Å²) >= 11 is 5.83. The maximum atomic E-state index is 12.8. The number of hydrogen-bond acceptors (Lipinski definition) is 6. The third-order valence-electron chi connectivity index (χ3n) is 4.25. The fourth-order valence-electron chi connectivity index (χ4n) is 2.74. The van der Waals surface area contributed by atoms with E-state index in [1.165, 1.54) is 43.5 Å². The number of amides is 1. The number of benzene rings is 3. The van der Waals surface area contributed by atoms with Gasteiger partial charge in [0.1, 0.15) is 10.6 Å². The Balaban J connectivity index is 1.86. The maximum absolute atomic E-state index is 12.8. The van der Waals surface area contributed by atoms with Gasteiger partial charge in [-0.1, -0.05) is 29.8 Å². The van der Waals surface area contributed by atoms with Crippen molar-refractivity contribution in [1.29, 1.82) is 0 Å². The van der Waals surface area contributed by atoms with Gasteiger partial charge in [-0.05, 0) is 48.5 Å². The second kappa shape index (κ2) is 9.17. The first-order valence-electron chi connectivity index (χ1n) is 8.91. The number of sulfonamides is 2. The number of methoxy groups -OCH3 is 1. The van der Waals surface area contributed by atoms with Crippen molar-refractivity contribution >= 4 is 48.9 Å². The van der Waals surface area contributed by atoms with E-state index in [9.17, 15) is 21.6 Å². The van der Waals surface area contributed by atoms with E-state index < -0.39 is 30.8 Å². The average Bonchev–Trinajstić information content (AvgIpc) is 2.73. The molecule has 0 bridgehead atoms. The molecule has 3 rings (SSSR count). The predicted octanol–water partition coefficient (Wildman–Crippen LogP) is 3.05. The summed E-state index contributed by atoms with van der Waals surface area (Å²) in [4.78, 5) is 12.1. The van der Waals surface area contributed by atoms with Crippen molar-refractivity contribution in [2.75, 3.05) is 17.1 Å². The van der Waals surface area contributed by atoms with Gasteiger partial charge in [-0.3, -0.25) is 9.52 Å². The van der Waals surface area contributed by atoms with Crippen molar-refractivity contribution in [1.82, 2.24) is 0 Å². The Labute approximate surface area is 190 Å². The standard InChI is InChI=1S/C20H18ClN3O6S2/c1-30-18-8-3-2-7-17(18)24-32(28,29)15-6-4-5-14(12-15)23-20(25)13-9-10-16(21)19(11-13)31(22,26)27/h2-12,24H,1H3,(H,23,25)(H2,22,26,27). The molecule has 0 fully saturated rings. The molecule has 0 aliphatic heterocycles. The van der Waals surface area contributed by atoms with Gasteiger partial charge in [0, 0.05) is 11.3 Å². The van der Waals surface area contributed by atoms with Crippen LogP contribution in [0.3, 0.4) is 0 Å². The van der Waals surface area contributed by atoms with Crippen LogP contribution >= 0.6 is 11.6 Å². The molecule has 0 atom stereocenters. The van der Waals surface area contributed by atoms with Gasteiger partial charge in [-0.2, -0.15) is 0 Å². The first-order chi connectivity index (χ1) is 15.0. The molecule has 4 N–H and O–H groups in total. The van der Waals surface area contributed by atoms with E-state index >= 15 is 0 Å². The van der Waals surface area contributed by atoms with Gasteiger partial charge in [-0.25, -0.2) is 22.0 Å². The molecule has 0 aliphatic carbocycles. The van der Waals surface area contributed by atoms with Crippen LogP contribution in [-0.4, -0.2) is 29.9 Å². The number of rotatable bonds is 7. The Morgan fingerprint density at radius 1 is 0.969 bits per heavy atom. The van der Waals surface area contributed by atoms with Crippen LogP contribution in [0.2, 0.25) is 5.02 Å². The van der Waals surface area contributed by atoms with Gasteiger partial charge >= 0.3 is 0 Å². The van der Waals surface area contributed by atoms with Crippen LogP contribution in [0.25, 0.3) is 0 Å². The molecule has 3 aromatic rings. The van der Waals surface area contributed by atoms with E-state index in [0.29, 0.717) is 5.75 Å². The first-order valence-corrected chi connectivity index (χ1v) is 12.3. The van der Waals surface area contributed by atoms with Gasteiger partial charge in [-0.15, -0.1) is 0 Å². The Morgan fingerprint density at radius 3 is 2.38 bits per heavy atom. The number of primary sulfonamides is 1. The number of carbonyl (C=O) groups excluding carboxylic acids is 1. The SMILES string of the molecule is COc1ccccc1NS(=O)(=O)c1cccc(NC(=O)c2ccc(Cl)c(S(N)(=O)=O)c2)c1. The minimum atomic E-state index is -4.13. The summed E-state index contributed by atoms with van der Waals surface area (Å²) in [7, 11) is -6.71. The van der Waals surface area contributed by atoms with E-state index in [4.69, 9.17) is 21.5 Å². The van der Waals surface area contributed by atoms with Crippen LogP contribution in [0.4, 0.5) is 11.4 Å². The van der Waals surface area contributed by atoms with Crippen LogP contribution < -0.4 is 19.9 Å². The topological polar surface area (TPSA) is 145 Å². The molecule has 0 unspecified atom stereocenters. The van der Waals surface area contributed by atoms with Crippen molar-refractivity contribution < 1.29 is 26.4 Å². The van der Waals surface area contributed by atoms with E-state index in [0.717, 1.165) is 6.07 Å². The van der Waals surface area contributed by atoms with Crippen LogP contribution in [0.1, 0.15) is 10.4 Å². The monoisotopic (exact) mass is 495 g/mol. The second-order valence-electron chi connectivity index (χ2n) is 6.48. The molecule has 0 spiro atoms. The molecule has 0 saturated heterocycles. The molecule has 0 heterocycles.